The first-order chi connectivity index (χ1) is 17.5. The molecule has 2 heterocycles. The summed E-state index contributed by atoms with van der Waals surface area (Å²) in [6, 6.07) is 18.6. The number of aromatic nitrogens is 2. The van der Waals surface area contributed by atoms with E-state index in [9.17, 15) is 0 Å². The minimum atomic E-state index is 0.337. The van der Waals surface area contributed by atoms with Gasteiger partial charge in [0, 0.05) is 17.2 Å². The van der Waals surface area contributed by atoms with Gasteiger partial charge in [-0.25, -0.2) is 4.98 Å². The summed E-state index contributed by atoms with van der Waals surface area (Å²) in [4.78, 5) is 8.50. The van der Waals surface area contributed by atoms with E-state index < -0.39 is 0 Å². The Morgan fingerprint density at radius 2 is 1.44 bits per heavy atom. The van der Waals surface area contributed by atoms with Gasteiger partial charge < -0.3 is 15.6 Å². The normalized spacial score (nSPS) is 18.1. The standard InChI is InChI=1S/C32H34N4/c1-17(2)31-33-27-13-8-22-16-20(6-10-24(22)29(27)35-31)19-5-9-23-21(15-19)7-11-26-25(23)12-14-28-30(26)36-32(34-28)18(3)4/h5-6,9-10,12,14-18,31,33,35H,7-8,11,13H2,1-4H3,(H,34,36). The SMILES string of the molecule is CC(C)c1nc2c3c(ccc2[nH]1)-c1ccc(-c2ccc4c(c2)CCC2=C4NC(C(C)C)N2)cc1CC3. The molecule has 0 spiro atoms. The van der Waals surface area contributed by atoms with Gasteiger partial charge in [-0.3, -0.25) is 0 Å². The summed E-state index contributed by atoms with van der Waals surface area (Å²) in [6.07, 6.45) is 4.62. The molecule has 4 aromatic rings. The molecular weight excluding hydrogens is 440 g/mol. The van der Waals surface area contributed by atoms with Crippen molar-refractivity contribution in [1.29, 1.82) is 0 Å². The molecule has 1 aromatic heterocycles. The second kappa shape index (κ2) is 7.99. The molecule has 1 aliphatic heterocycles. The van der Waals surface area contributed by atoms with Gasteiger partial charge in [0.25, 0.3) is 0 Å². The van der Waals surface area contributed by atoms with Crippen molar-refractivity contribution in [3.8, 4) is 22.3 Å². The van der Waals surface area contributed by atoms with Crippen molar-refractivity contribution in [2.75, 3.05) is 0 Å². The molecule has 0 radical (unpaired) electrons. The molecule has 0 fully saturated rings. The van der Waals surface area contributed by atoms with E-state index in [-0.39, 0.29) is 0 Å². The molecule has 1 atom stereocenters. The Labute approximate surface area is 213 Å². The monoisotopic (exact) mass is 474 g/mol. The highest BCUT2D eigenvalue weighted by Crippen LogP contribution is 2.40. The highest BCUT2D eigenvalue weighted by Gasteiger charge is 2.29. The van der Waals surface area contributed by atoms with Crippen LogP contribution in [0.15, 0.2) is 54.2 Å². The second-order valence-corrected chi connectivity index (χ2v) is 11.4. The Morgan fingerprint density at radius 3 is 2.19 bits per heavy atom. The van der Waals surface area contributed by atoms with Gasteiger partial charge >= 0.3 is 0 Å². The number of H-pyrrole nitrogens is 1. The van der Waals surface area contributed by atoms with Crippen molar-refractivity contribution in [3.63, 3.8) is 0 Å². The van der Waals surface area contributed by atoms with Crippen LogP contribution in [0.25, 0.3) is 39.0 Å². The summed E-state index contributed by atoms with van der Waals surface area (Å²) in [5.74, 6) is 2.04. The first kappa shape index (κ1) is 21.7. The van der Waals surface area contributed by atoms with E-state index in [2.05, 4.69) is 91.8 Å². The van der Waals surface area contributed by atoms with Crippen molar-refractivity contribution in [3.05, 3.63) is 82.3 Å². The number of aryl methyl sites for hydroxylation is 3. The molecule has 3 aliphatic rings. The van der Waals surface area contributed by atoms with Crippen LogP contribution in [0.4, 0.5) is 0 Å². The van der Waals surface area contributed by atoms with Crippen LogP contribution in [0.5, 0.6) is 0 Å². The molecule has 0 saturated carbocycles. The molecule has 1 unspecified atom stereocenters. The number of imidazole rings is 1. The van der Waals surface area contributed by atoms with Crippen molar-refractivity contribution < 1.29 is 0 Å². The summed E-state index contributed by atoms with van der Waals surface area (Å²) in [5.41, 5.74) is 16.0. The van der Waals surface area contributed by atoms with Gasteiger partial charge in [-0.2, -0.15) is 0 Å². The van der Waals surface area contributed by atoms with Crippen LogP contribution in [0.3, 0.4) is 0 Å². The number of benzene rings is 3. The van der Waals surface area contributed by atoms with Crippen molar-refractivity contribution in [2.45, 2.75) is 65.5 Å². The van der Waals surface area contributed by atoms with Crippen LogP contribution in [0, 0.1) is 5.92 Å². The largest absolute Gasteiger partial charge is 0.367 e. The second-order valence-electron chi connectivity index (χ2n) is 11.4. The third kappa shape index (κ3) is 3.31. The smallest absolute Gasteiger partial charge is 0.109 e. The lowest BCUT2D eigenvalue weighted by atomic mass is 9.83. The lowest BCUT2D eigenvalue weighted by Crippen LogP contribution is -2.37. The maximum atomic E-state index is 4.97. The Morgan fingerprint density at radius 1 is 0.750 bits per heavy atom. The molecule has 182 valence electrons. The molecular formula is C32H34N4. The van der Waals surface area contributed by atoms with Gasteiger partial charge in [-0.15, -0.1) is 0 Å². The lowest BCUT2D eigenvalue weighted by Gasteiger charge is -2.22. The van der Waals surface area contributed by atoms with E-state index in [1.165, 1.54) is 55.9 Å². The molecule has 2 aliphatic carbocycles. The highest BCUT2D eigenvalue weighted by molar-refractivity contribution is 5.90. The van der Waals surface area contributed by atoms with Crippen LogP contribution in [-0.4, -0.2) is 16.1 Å². The zero-order chi connectivity index (χ0) is 24.6. The molecule has 4 heteroatoms. The topological polar surface area (TPSA) is 52.7 Å². The van der Waals surface area contributed by atoms with Gasteiger partial charge in [0.05, 0.1) is 22.9 Å². The quantitative estimate of drug-likeness (QED) is 0.302. The fourth-order valence-corrected chi connectivity index (χ4v) is 6.23. The molecule has 4 nitrogen and oxygen atoms in total. The van der Waals surface area contributed by atoms with E-state index >= 15 is 0 Å². The zero-order valence-corrected chi connectivity index (χ0v) is 21.6. The number of nitrogens with one attached hydrogen (secondary N) is 3. The molecule has 0 bridgehead atoms. The fraction of sp³-hybridized carbons (Fsp3) is 0.344. The van der Waals surface area contributed by atoms with E-state index in [4.69, 9.17) is 4.98 Å². The number of nitrogens with zero attached hydrogens (tertiary/aromatic N) is 1. The minimum absolute atomic E-state index is 0.337. The van der Waals surface area contributed by atoms with Gasteiger partial charge in [0.15, 0.2) is 0 Å². The Bertz CT molecular complexity index is 1550. The molecule has 0 saturated heterocycles. The summed E-state index contributed by atoms with van der Waals surface area (Å²) >= 11 is 0. The fourth-order valence-electron chi connectivity index (χ4n) is 6.23. The molecule has 7 rings (SSSR count). The van der Waals surface area contributed by atoms with Crippen LogP contribution >= 0.6 is 0 Å². The molecule has 3 aromatic carbocycles. The average Bonchev–Trinajstić information content (AvgIpc) is 3.53. The lowest BCUT2D eigenvalue weighted by molar-refractivity contribution is 0.421. The predicted octanol–water partition coefficient (Wildman–Crippen LogP) is 6.91. The van der Waals surface area contributed by atoms with E-state index in [0.29, 0.717) is 18.0 Å². The minimum Gasteiger partial charge on any atom is -0.367 e. The van der Waals surface area contributed by atoms with Gasteiger partial charge in [-0.1, -0.05) is 70.2 Å². The summed E-state index contributed by atoms with van der Waals surface area (Å²) in [5, 5.41) is 7.44. The first-order valence-electron chi connectivity index (χ1n) is 13.5. The molecule has 3 N–H and O–H groups in total. The number of allylic oxidation sites excluding steroid dienone is 1. The third-order valence-corrected chi connectivity index (χ3v) is 8.31. The zero-order valence-electron chi connectivity index (χ0n) is 21.6. The Kier molecular flexibility index (Phi) is 4.82. The summed E-state index contributed by atoms with van der Waals surface area (Å²) in [7, 11) is 0. The number of fused-ring (bicyclic) bond motifs is 7. The molecule has 0 amide bonds. The predicted molar refractivity (Wildman–Crippen MR) is 149 cm³/mol. The Hall–Kier alpha value is -3.53. The van der Waals surface area contributed by atoms with Gasteiger partial charge in [-0.05, 0) is 76.6 Å². The Balaban J connectivity index is 1.23. The maximum Gasteiger partial charge on any atom is 0.109 e. The summed E-state index contributed by atoms with van der Waals surface area (Å²) < 4.78 is 0. The first-order valence-corrected chi connectivity index (χ1v) is 13.5. The number of hydrogen-bond donors (Lipinski definition) is 3. The van der Waals surface area contributed by atoms with Crippen molar-refractivity contribution in [2.24, 2.45) is 5.92 Å². The maximum absolute atomic E-state index is 4.97. The molecule has 36 heavy (non-hydrogen) atoms. The van der Waals surface area contributed by atoms with Crippen molar-refractivity contribution >= 4 is 16.7 Å². The number of rotatable bonds is 3. The summed E-state index contributed by atoms with van der Waals surface area (Å²) in [6.45, 7) is 8.92. The van der Waals surface area contributed by atoms with Crippen LogP contribution in [0.2, 0.25) is 0 Å². The average molecular weight is 475 g/mol. The van der Waals surface area contributed by atoms with Crippen LogP contribution in [0.1, 0.15) is 68.1 Å². The van der Waals surface area contributed by atoms with E-state index in [0.717, 1.165) is 42.5 Å². The highest BCUT2D eigenvalue weighted by atomic mass is 15.2. The van der Waals surface area contributed by atoms with E-state index in [1.54, 1.807) is 0 Å². The third-order valence-electron chi connectivity index (χ3n) is 8.31. The van der Waals surface area contributed by atoms with Gasteiger partial charge in [0.1, 0.15) is 5.82 Å². The van der Waals surface area contributed by atoms with Crippen LogP contribution < -0.4 is 10.6 Å². The number of hydrogen-bond acceptors (Lipinski definition) is 3. The van der Waals surface area contributed by atoms with Gasteiger partial charge in [0.2, 0.25) is 0 Å². The number of aromatic amines is 1. The van der Waals surface area contributed by atoms with E-state index in [1.807, 2.05) is 0 Å². The van der Waals surface area contributed by atoms with Crippen LogP contribution in [-0.2, 0) is 19.3 Å². The van der Waals surface area contributed by atoms with Crippen molar-refractivity contribution in [1.82, 2.24) is 20.6 Å².